The van der Waals surface area contributed by atoms with Gasteiger partial charge in [-0.3, -0.25) is 0 Å². The summed E-state index contributed by atoms with van der Waals surface area (Å²) < 4.78 is 0. The number of hydrogen-bond acceptors (Lipinski definition) is 1. The molecular weight excluding hydrogens is 248 g/mol. The average molecular weight is 259 g/mol. The van der Waals surface area contributed by atoms with Crippen LogP contribution in [-0.4, -0.2) is 0 Å². The van der Waals surface area contributed by atoms with Gasteiger partial charge in [0.25, 0.3) is 0 Å². The zero-order chi connectivity index (χ0) is 11.7. The summed E-state index contributed by atoms with van der Waals surface area (Å²) in [6.07, 6.45) is 0. The fraction of sp³-hybridized carbons (Fsp3) is 0.0667. The van der Waals surface area contributed by atoms with E-state index in [1.54, 1.807) is 0 Å². The van der Waals surface area contributed by atoms with Gasteiger partial charge in [-0.2, -0.15) is 0 Å². The molecule has 0 bridgehead atoms. The van der Waals surface area contributed by atoms with Crippen LogP contribution in [0.2, 0.25) is 5.02 Å². The quantitative estimate of drug-likeness (QED) is 0.695. The Labute approximate surface area is 110 Å². The molecule has 0 amide bonds. The molecule has 1 aliphatic heterocycles. The van der Waals surface area contributed by atoms with Crippen molar-refractivity contribution in [1.82, 2.24) is 0 Å². The van der Waals surface area contributed by atoms with Crippen molar-refractivity contribution in [2.75, 3.05) is 0 Å². The minimum Gasteiger partial charge on any atom is -0.129 e. The highest BCUT2D eigenvalue weighted by Crippen LogP contribution is 2.36. The second-order valence-corrected chi connectivity index (χ2v) is 5.30. The average Bonchev–Trinajstić information content (AvgIpc) is 2.39. The van der Waals surface area contributed by atoms with Gasteiger partial charge in [0.05, 0.1) is 0 Å². The predicted molar refractivity (Wildman–Crippen MR) is 76.3 cm³/mol. The second-order valence-electron chi connectivity index (χ2n) is 4.01. The zero-order valence-corrected chi connectivity index (χ0v) is 10.8. The molecule has 3 rings (SSSR count). The number of rotatable bonds is 1. The maximum absolute atomic E-state index is 6.10. The predicted octanol–water partition coefficient (Wildman–Crippen LogP) is 4.98. The Kier molecular flexibility index (Phi) is 2.96. The normalized spacial score (nSPS) is 14.1. The lowest BCUT2D eigenvalue weighted by atomic mass is 9.95. The first kappa shape index (κ1) is 10.9. The van der Waals surface area contributed by atoms with Gasteiger partial charge in [-0.1, -0.05) is 48.0 Å². The van der Waals surface area contributed by atoms with Crippen molar-refractivity contribution in [2.45, 2.75) is 5.75 Å². The van der Waals surface area contributed by atoms with Gasteiger partial charge in [-0.25, -0.2) is 0 Å². The van der Waals surface area contributed by atoms with E-state index in [-0.39, 0.29) is 0 Å². The van der Waals surface area contributed by atoms with Crippen LogP contribution in [0.25, 0.3) is 5.57 Å². The molecule has 84 valence electrons. The molecule has 0 unspecified atom stereocenters. The number of hydrogen-bond donors (Lipinski definition) is 0. The van der Waals surface area contributed by atoms with Gasteiger partial charge in [0, 0.05) is 10.8 Å². The largest absolute Gasteiger partial charge is 0.129 e. The zero-order valence-electron chi connectivity index (χ0n) is 9.19. The monoisotopic (exact) mass is 258 g/mol. The van der Waals surface area contributed by atoms with Crippen LogP contribution in [0.1, 0.15) is 16.7 Å². The summed E-state index contributed by atoms with van der Waals surface area (Å²) in [7, 11) is 0. The van der Waals surface area contributed by atoms with Crippen molar-refractivity contribution in [3.8, 4) is 0 Å². The Morgan fingerprint density at radius 2 is 1.82 bits per heavy atom. The Hall–Kier alpha value is -1.18. The van der Waals surface area contributed by atoms with E-state index in [1.807, 2.05) is 23.9 Å². The van der Waals surface area contributed by atoms with Gasteiger partial charge in [-0.05, 0) is 39.8 Å². The smallest absolute Gasteiger partial charge is 0.0412 e. The van der Waals surface area contributed by atoms with Crippen molar-refractivity contribution in [3.05, 3.63) is 75.7 Å². The molecule has 0 nitrogen and oxygen atoms in total. The molecule has 0 aromatic heterocycles. The number of thioether (sulfide) groups is 1. The molecule has 2 aromatic rings. The highest BCUT2D eigenvalue weighted by molar-refractivity contribution is 8.01. The topological polar surface area (TPSA) is 0 Å². The standard InChI is InChI=1S/C15H11ClS/c16-13-7-6-12-9-17-10-15(14(12)8-13)11-4-2-1-3-5-11/h1-8,10H,9H2. The fourth-order valence-electron chi connectivity index (χ4n) is 2.04. The van der Waals surface area contributed by atoms with E-state index in [0.29, 0.717) is 0 Å². The molecule has 1 aliphatic rings. The van der Waals surface area contributed by atoms with E-state index in [4.69, 9.17) is 11.6 Å². The Morgan fingerprint density at radius 1 is 1.00 bits per heavy atom. The Morgan fingerprint density at radius 3 is 2.65 bits per heavy atom. The van der Waals surface area contributed by atoms with Crippen molar-refractivity contribution in [2.24, 2.45) is 0 Å². The van der Waals surface area contributed by atoms with E-state index in [9.17, 15) is 0 Å². The number of benzene rings is 2. The summed E-state index contributed by atoms with van der Waals surface area (Å²) in [5, 5.41) is 3.03. The molecule has 0 radical (unpaired) electrons. The highest BCUT2D eigenvalue weighted by Gasteiger charge is 2.14. The minimum absolute atomic E-state index is 0.803. The number of halogens is 1. The molecule has 0 saturated carbocycles. The lowest BCUT2D eigenvalue weighted by Crippen LogP contribution is -1.97. The van der Waals surface area contributed by atoms with Crippen LogP contribution < -0.4 is 0 Å². The lowest BCUT2D eigenvalue weighted by Gasteiger charge is -2.18. The fourth-order valence-corrected chi connectivity index (χ4v) is 3.16. The first-order valence-electron chi connectivity index (χ1n) is 5.50. The van der Waals surface area contributed by atoms with Crippen LogP contribution >= 0.6 is 23.4 Å². The van der Waals surface area contributed by atoms with Crippen LogP contribution in [0.5, 0.6) is 0 Å². The third-order valence-corrected chi connectivity index (χ3v) is 4.00. The maximum Gasteiger partial charge on any atom is 0.0412 e. The molecule has 0 aliphatic carbocycles. The molecule has 0 spiro atoms. The molecule has 0 atom stereocenters. The Bertz CT molecular complexity index is 573. The molecule has 0 N–H and O–H groups in total. The van der Waals surface area contributed by atoms with Crippen molar-refractivity contribution >= 4 is 28.9 Å². The lowest BCUT2D eigenvalue weighted by molar-refractivity contribution is 1.36. The summed E-state index contributed by atoms with van der Waals surface area (Å²) in [4.78, 5) is 0. The van der Waals surface area contributed by atoms with Gasteiger partial charge < -0.3 is 0 Å². The van der Waals surface area contributed by atoms with Crippen LogP contribution in [0.15, 0.2) is 53.9 Å². The third kappa shape index (κ3) is 2.13. The first-order chi connectivity index (χ1) is 8.34. The SMILES string of the molecule is Clc1ccc2c(c1)C(c1ccccc1)=CSC2. The van der Waals surface area contributed by atoms with Gasteiger partial charge in [0.2, 0.25) is 0 Å². The van der Waals surface area contributed by atoms with E-state index in [2.05, 4.69) is 41.8 Å². The summed E-state index contributed by atoms with van der Waals surface area (Å²) in [6, 6.07) is 16.6. The van der Waals surface area contributed by atoms with Gasteiger partial charge in [0.1, 0.15) is 0 Å². The van der Waals surface area contributed by atoms with Crippen molar-refractivity contribution in [3.63, 3.8) is 0 Å². The van der Waals surface area contributed by atoms with E-state index < -0.39 is 0 Å². The minimum atomic E-state index is 0.803. The molecule has 1 heterocycles. The maximum atomic E-state index is 6.10. The van der Waals surface area contributed by atoms with Crippen LogP contribution in [0, 0.1) is 0 Å². The summed E-state index contributed by atoms with van der Waals surface area (Å²) in [5.41, 5.74) is 5.16. The Balaban J connectivity index is 2.14. The van der Waals surface area contributed by atoms with E-state index in [0.717, 1.165) is 10.8 Å². The van der Waals surface area contributed by atoms with Crippen molar-refractivity contribution in [1.29, 1.82) is 0 Å². The molecule has 2 aromatic carbocycles. The van der Waals surface area contributed by atoms with E-state index >= 15 is 0 Å². The third-order valence-electron chi connectivity index (χ3n) is 2.89. The molecule has 17 heavy (non-hydrogen) atoms. The second kappa shape index (κ2) is 4.59. The summed E-state index contributed by atoms with van der Waals surface area (Å²) in [5.74, 6) is 1.03. The van der Waals surface area contributed by atoms with Crippen LogP contribution in [-0.2, 0) is 5.75 Å². The van der Waals surface area contributed by atoms with Crippen LogP contribution in [0.4, 0.5) is 0 Å². The molecule has 2 heteroatoms. The first-order valence-corrected chi connectivity index (χ1v) is 6.93. The van der Waals surface area contributed by atoms with E-state index in [1.165, 1.54) is 22.3 Å². The highest BCUT2D eigenvalue weighted by atomic mass is 35.5. The van der Waals surface area contributed by atoms with Gasteiger partial charge in [0.15, 0.2) is 0 Å². The molecular formula is C15H11ClS. The van der Waals surface area contributed by atoms with Gasteiger partial charge >= 0.3 is 0 Å². The molecule has 0 fully saturated rings. The summed E-state index contributed by atoms with van der Waals surface area (Å²) >= 11 is 7.94. The van der Waals surface area contributed by atoms with Crippen molar-refractivity contribution < 1.29 is 0 Å². The number of fused-ring (bicyclic) bond motifs is 1. The van der Waals surface area contributed by atoms with Gasteiger partial charge in [-0.15, -0.1) is 11.8 Å². The summed E-state index contributed by atoms with van der Waals surface area (Å²) in [6.45, 7) is 0. The van der Waals surface area contributed by atoms with Crippen LogP contribution in [0.3, 0.4) is 0 Å². The molecule has 0 saturated heterocycles.